The monoisotopic (exact) mass is 388 g/mol. The molecular formula is C25H24O4. The molecule has 3 aromatic carbocycles. The Kier molecular flexibility index (Phi) is 4.52. The summed E-state index contributed by atoms with van der Waals surface area (Å²) >= 11 is 0. The summed E-state index contributed by atoms with van der Waals surface area (Å²) in [6, 6.07) is 30.3. The second-order valence-corrected chi connectivity index (χ2v) is 7.79. The number of fused-ring (bicyclic) bond motifs is 1. The molecule has 0 spiro atoms. The zero-order valence-electron chi connectivity index (χ0n) is 16.0. The predicted molar refractivity (Wildman–Crippen MR) is 110 cm³/mol. The largest absolute Gasteiger partial charge is 0.388 e. The van der Waals surface area contributed by atoms with E-state index in [9.17, 15) is 10.2 Å². The molecule has 4 heteroatoms. The molecule has 5 rings (SSSR count). The van der Waals surface area contributed by atoms with Gasteiger partial charge in [0.15, 0.2) is 0 Å². The van der Waals surface area contributed by atoms with E-state index in [0.717, 1.165) is 16.7 Å². The van der Waals surface area contributed by atoms with E-state index in [-0.39, 0.29) is 13.2 Å². The maximum atomic E-state index is 11.3. The van der Waals surface area contributed by atoms with Gasteiger partial charge in [-0.3, -0.25) is 0 Å². The fourth-order valence-electron chi connectivity index (χ4n) is 5.33. The quantitative estimate of drug-likeness (QED) is 0.675. The Labute approximate surface area is 170 Å². The molecule has 2 N–H and O–H groups in total. The number of aliphatic hydroxyl groups is 2. The van der Waals surface area contributed by atoms with Crippen molar-refractivity contribution in [2.24, 2.45) is 0 Å². The third-order valence-electron chi connectivity index (χ3n) is 6.40. The van der Waals surface area contributed by atoms with Gasteiger partial charge in [-0.15, -0.1) is 0 Å². The first-order valence-electron chi connectivity index (χ1n) is 9.99. The molecule has 0 amide bonds. The summed E-state index contributed by atoms with van der Waals surface area (Å²) in [7, 11) is 0. The van der Waals surface area contributed by atoms with E-state index >= 15 is 0 Å². The first-order valence-corrected chi connectivity index (χ1v) is 9.99. The van der Waals surface area contributed by atoms with Crippen LogP contribution < -0.4 is 0 Å². The van der Waals surface area contributed by atoms with Crippen LogP contribution in [0.5, 0.6) is 0 Å². The van der Waals surface area contributed by atoms with Crippen molar-refractivity contribution in [2.45, 2.75) is 29.3 Å². The zero-order chi connectivity index (χ0) is 19.9. The molecule has 0 aromatic heterocycles. The highest BCUT2D eigenvalue weighted by molar-refractivity contribution is 5.56. The molecule has 2 aliphatic rings. The van der Waals surface area contributed by atoms with E-state index in [1.54, 1.807) is 0 Å². The molecule has 2 fully saturated rings. The molecule has 0 aliphatic carbocycles. The minimum Gasteiger partial charge on any atom is -0.388 e. The lowest BCUT2D eigenvalue weighted by Gasteiger charge is -2.50. The zero-order valence-corrected chi connectivity index (χ0v) is 16.0. The Morgan fingerprint density at radius 2 is 1.14 bits per heavy atom. The van der Waals surface area contributed by atoms with Gasteiger partial charge in [-0.25, -0.2) is 0 Å². The molecular weight excluding hydrogens is 364 g/mol. The van der Waals surface area contributed by atoms with Crippen LogP contribution in [0.3, 0.4) is 0 Å². The third-order valence-corrected chi connectivity index (χ3v) is 6.40. The van der Waals surface area contributed by atoms with Crippen molar-refractivity contribution in [1.82, 2.24) is 0 Å². The summed E-state index contributed by atoms with van der Waals surface area (Å²) in [5.74, 6) is 0. The number of ether oxygens (including phenoxy) is 2. The van der Waals surface area contributed by atoms with Gasteiger partial charge in [0.05, 0.1) is 18.6 Å². The van der Waals surface area contributed by atoms with Crippen LogP contribution in [0, 0.1) is 0 Å². The van der Waals surface area contributed by atoms with Crippen molar-refractivity contribution in [2.75, 3.05) is 13.2 Å². The lowest BCUT2D eigenvalue weighted by molar-refractivity contribution is -0.108. The minimum absolute atomic E-state index is 0.121. The average Bonchev–Trinajstić information content (AvgIpc) is 3.30. The maximum Gasteiger partial charge on any atom is 0.143 e. The van der Waals surface area contributed by atoms with Crippen molar-refractivity contribution >= 4 is 0 Å². The molecule has 3 aromatic rings. The Balaban J connectivity index is 1.92. The van der Waals surface area contributed by atoms with Gasteiger partial charge in [0, 0.05) is 0 Å². The topological polar surface area (TPSA) is 58.9 Å². The lowest BCUT2D eigenvalue weighted by Crippen LogP contribution is -2.63. The molecule has 0 saturated carbocycles. The molecule has 2 aliphatic heterocycles. The van der Waals surface area contributed by atoms with E-state index in [0.29, 0.717) is 0 Å². The fraction of sp³-hybridized carbons (Fsp3) is 0.280. The second kappa shape index (κ2) is 7.08. The SMILES string of the molecule is O[C@@H]1CO[C@@]2(C(c3ccccc3)(c3ccccc3)c3ccccc3)[C@@H]1OC[C@@H]2O. The molecule has 2 saturated heterocycles. The Morgan fingerprint density at radius 3 is 1.59 bits per heavy atom. The Hall–Kier alpha value is -2.50. The average molecular weight is 388 g/mol. The van der Waals surface area contributed by atoms with E-state index in [1.807, 2.05) is 54.6 Å². The van der Waals surface area contributed by atoms with Crippen LogP contribution in [0.1, 0.15) is 16.7 Å². The summed E-state index contributed by atoms with van der Waals surface area (Å²) < 4.78 is 12.3. The molecule has 29 heavy (non-hydrogen) atoms. The van der Waals surface area contributed by atoms with Crippen molar-refractivity contribution in [3.63, 3.8) is 0 Å². The minimum atomic E-state index is -1.16. The van der Waals surface area contributed by atoms with E-state index in [2.05, 4.69) is 36.4 Å². The van der Waals surface area contributed by atoms with Gasteiger partial charge in [-0.2, -0.15) is 0 Å². The summed E-state index contributed by atoms with van der Waals surface area (Å²) in [5.41, 5.74) is 0.939. The molecule has 0 radical (unpaired) electrons. The van der Waals surface area contributed by atoms with Crippen molar-refractivity contribution in [3.8, 4) is 0 Å². The van der Waals surface area contributed by atoms with Crippen LogP contribution in [-0.4, -0.2) is 47.3 Å². The Bertz CT molecular complexity index is 863. The number of hydrogen-bond acceptors (Lipinski definition) is 4. The molecule has 2 heterocycles. The van der Waals surface area contributed by atoms with Crippen LogP contribution in [-0.2, 0) is 14.9 Å². The molecule has 4 nitrogen and oxygen atoms in total. The molecule has 0 bridgehead atoms. The Morgan fingerprint density at radius 1 is 0.690 bits per heavy atom. The second-order valence-electron chi connectivity index (χ2n) is 7.79. The number of hydrogen-bond donors (Lipinski definition) is 2. The van der Waals surface area contributed by atoms with Gasteiger partial charge < -0.3 is 19.7 Å². The van der Waals surface area contributed by atoms with Gasteiger partial charge in [-0.1, -0.05) is 91.0 Å². The third kappa shape index (κ3) is 2.47. The van der Waals surface area contributed by atoms with Crippen LogP contribution in [0.2, 0.25) is 0 Å². The molecule has 148 valence electrons. The highest BCUT2D eigenvalue weighted by atomic mass is 16.6. The van der Waals surface area contributed by atoms with Crippen molar-refractivity contribution < 1.29 is 19.7 Å². The predicted octanol–water partition coefficient (Wildman–Crippen LogP) is 2.91. The van der Waals surface area contributed by atoms with Crippen molar-refractivity contribution in [3.05, 3.63) is 108 Å². The van der Waals surface area contributed by atoms with Crippen LogP contribution in [0.15, 0.2) is 91.0 Å². The van der Waals surface area contributed by atoms with Crippen LogP contribution in [0.4, 0.5) is 0 Å². The summed E-state index contributed by atoms with van der Waals surface area (Å²) in [6.45, 7) is 0.242. The maximum absolute atomic E-state index is 11.3. The summed E-state index contributed by atoms with van der Waals surface area (Å²) in [6.07, 6.45) is -2.34. The van der Waals surface area contributed by atoms with Gasteiger partial charge in [0.1, 0.15) is 23.9 Å². The number of aliphatic hydroxyl groups excluding tert-OH is 2. The molecule has 0 unspecified atom stereocenters. The summed E-state index contributed by atoms with van der Waals surface area (Å²) in [5, 5.41) is 22.1. The van der Waals surface area contributed by atoms with E-state index in [4.69, 9.17) is 9.47 Å². The first-order chi connectivity index (χ1) is 14.2. The fourth-order valence-corrected chi connectivity index (χ4v) is 5.33. The highest BCUT2D eigenvalue weighted by Crippen LogP contribution is 2.57. The van der Waals surface area contributed by atoms with Gasteiger partial charge in [0.25, 0.3) is 0 Å². The van der Waals surface area contributed by atoms with Gasteiger partial charge in [0.2, 0.25) is 0 Å². The first kappa shape index (κ1) is 18.5. The van der Waals surface area contributed by atoms with Crippen LogP contribution >= 0.6 is 0 Å². The number of benzene rings is 3. The summed E-state index contributed by atoms with van der Waals surface area (Å²) in [4.78, 5) is 0. The van der Waals surface area contributed by atoms with E-state index < -0.39 is 29.3 Å². The van der Waals surface area contributed by atoms with Crippen LogP contribution in [0.25, 0.3) is 0 Å². The molecule has 4 atom stereocenters. The van der Waals surface area contributed by atoms with E-state index in [1.165, 1.54) is 0 Å². The van der Waals surface area contributed by atoms with Gasteiger partial charge >= 0.3 is 0 Å². The normalized spacial score (nSPS) is 29.0. The lowest BCUT2D eigenvalue weighted by atomic mass is 9.56. The van der Waals surface area contributed by atoms with Crippen molar-refractivity contribution in [1.29, 1.82) is 0 Å². The number of rotatable bonds is 4. The van der Waals surface area contributed by atoms with Gasteiger partial charge in [-0.05, 0) is 16.7 Å². The highest BCUT2D eigenvalue weighted by Gasteiger charge is 2.71. The standard InChI is InChI=1S/C25H24O4/c26-21-16-29-25(22(27)17-28-23(21)25)24(18-10-4-1-5-11-18,19-12-6-2-7-13-19)20-14-8-3-9-15-20/h1-15,21-23,26-27H,16-17H2/t21-,22+,23-,25-/m1/s1. The smallest absolute Gasteiger partial charge is 0.143 e.